The number of aromatic nitrogens is 2. The Bertz CT molecular complexity index is 1170. The van der Waals surface area contributed by atoms with Gasteiger partial charge in [-0.3, -0.25) is 14.3 Å². The molecule has 3 aliphatic rings. The molecule has 9 nitrogen and oxygen atoms in total. The van der Waals surface area contributed by atoms with Gasteiger partial charge in [0.25, 0.3) is 11.8 Å². The largest absolute Gasteiger partial charge is 0.376 e. The fraction of sp³-hybridized carbons (Fsp3) is 0.536. The molecule has 2 fully saturated rings. The summed E-state index contributed by atoms with van der Waals surface area (Å²) < 4.78 is 7.66. The van der Waals surface area contributed by atoms with Crippen LogP contribution in [0.4, 0.5) is 11.4 Å². The highest BCUT2D eigenvalue weighted by molar-refractivity contribution is 6.32. The third-order valence-electron chi connectivity index (χ3n) is 7.70. The van der Waals surface area contributed by atoms with E-state index >= 15 is 0 Å². The number of piperidine rings is 1. The van der Waals surface area contributed by atoms with Crippen molar-refractivity contribution >= 4 is 28.8 Å². The van der Waals surface area contributed by atoms with Crippen molar-refractivity contribution in [3.8, 4) is 0 Å². The molecule has 4 heterocycles. The summed E-state index contributed by atoms with van der Waals surface area (Å²) in [7, 11) is 0. The van der Waals surface area contributed by atoms with Crippen LogP contribution >= 0.6 is 0 Å². The first kappa shape index (κ1) is 25.5. The number of nitrogens with one attached hydrogen (secondary N) is 3. The molecule has 2 saturated heterocycles. The van der Waals surface area contributed by atoms with Gasteiger partial charge in [-0.2, -0.15) is 5.10 Å². The lowest BCUT2D eigenvalue weighted by Crippen LogP contribution is -2.39. The highest BCUT2D eigenvalue weighted by Gasteiger charge is 2.29. The van der Waals surface area contributed by atoms with Gasteiger partial charge in [-0.15, -0.1) is 0 Å². The smallest absolute Gasteiger partial charge is 0.258 e. The van der Waals surface area contributed by atoms with Crippen LogP contribution in [0.25, 0.3) is 5.57 Å². The number of fused-ring (bicyclic) bond motifs is 1. The van der Waals surface area contributed by atoms with Crippen LogP contribution in [-0.2, 0) is 9.53 Å². The van der Waals surface area contributed by atoms with E-state index in [0.29, 0.717) is 36.2 Å². The standard InChI is InChI=1S/C28H38N6O3/c1-4-24(31-20-15-30-34(17-20)21-9-11-33(12-10-21)18(2)3)26-23-14-19(7-8-25(23)32-28(26)36)27(35)29-16-22-6-5-13-37-22/h7-8,14-15,17-18,21-22,31H,4-6,9-13,16H2,1-3H3,(H,29,35)(H,32,36). The molecule has 0 bridgehead atoms. The Morgan fingerprint density at radius 2 is 2.05 bits per heavy atom. The SMILES string of the molecule is CCC(Nc1cnn(C2CCN(C(C)C)CC2)c1)=C1C(=O)Nc2ccc(C(=O)NCC3CCCO3)cc21. The van der Waals surface area contributed by atoms with E-state index in [0.717, 1.165) is 68.0 Å². The van der Waals surface area contributed by atoms with Gasteiger partial charge in [-0.25, -0.2) is 0 Å². The molecule has 0 radical (unpaired) electrons. The van der Waals surface area contributed by atoms with E-state index in [9.17, 15) is 9.59 Å². The molecule has 2 aromatic rings. The van der Waals surface area contributed by atoms with E-state index in [1.165, 1.54) is 0 Å². The van der Waals surface area contributed by atoms with Gasteiger partial charge in [0.2, 0.25) is 0 Å². The monoisotopic (exact) mass is 506 g/mol. The minimum atomic E-state index is -0.162. The number of carbonyl (C=O) groups excluding carboxylic acids is 2. The quantitative estimate of drug-likeness (QED) is 0.468. The van der Waals surface area contributed by atoms with Gasteiger partial charge < -0.3 is 25.6 Å². The van der Waals surface area contributed by atoms with Crippen LogP contribution in [0.1, 0.15) is 74.8 Å². The van der Waals surface area contributed by atoms with Crippen molar-refractivity contribution in [1.29, 1.82) is 0 Å². The van der Waals surface area contributed by atoms with Crippen molar-refractivity contribution in [3.63, 3.8) is 0 Å². The second-order valence-electron chi connectivity index (χ2n) is 10.5. The molecular formula is C28H38N6O3. The van der Waals surface area contributed by atoms with Crippen molar-refractivity contribution in [3.05, 3.63) is 47.4 Å². The fourth-order valence-corrected chi connectivity index (χ4v) is 5.49. The van der Waals surface area contributed by atoms with Crippen LogP contribution in [-0.4, -0.2) is 64.9 Å². The third-order valence-corrected chi connectivity index (χ3v) is 7.70. The van der Waals surface area contributed by atoms with Crippen LogP contribution in [0.5, 0.6) is 0 Å². The Morgan fingerprint density at radius 3 is 2.76 bits per heavy atom. The van der Waals surface area contributed by atoms with Gasteiger partial charge in [0, 0.05) is 61.0 Å². The van der Waals surface area contributed by atoms with Crippen molar-refractivity contribution < 1.29 is 14.3 Å². The maximum atomic E-state index is 13.0. The number of amides is 2. The van der Waals surface area contributed by atoms with Crippen molar-refractivity contribution in [1.82, 2.24) is 20.0 Å². The normalized spacial score (nSPS) is 21.7. The van der Waals surface area contributed by atoms with Gasteiger partial charge in [-0.1, -0.05) is 6.92 Å². The second-order valence-corrected chi connectivity index (χ2v) is 10.5. The zero-order chi connectivity index (χ0) is 25.9. The maximum absolute atomic E-state index is 13.0. The Hall–Kier alpha value is -3.17. The molecule has 1 aromatic carbocycles. The van der Waals surface area contributed by atoms with E-state index < -0.39 is 0 Å². The van der Waals surface area contributed by atoms with E-state index in [4.69, 9.17) is 4.74 Å². The predicted molar refractivity (Wildman–Crippen MR) is 144 cm³/mol. The van der Waals surface area contributed by atoms with Crippen molar-refractivity contribution in [2.45, 2.75) is 71.1 Å². The summed E-state index contributed by atoms with van der Waals surface area (Å²) in [6.45, 7) is 9.92. The number of likely N-dealkylation sites (tertiary alicyclic amines) is 1. The first-order valence-electron chi connectivity index (χ1n) is 13.6. The van der Waals surface area contributed by atoms with E-state index in [1.54, 1.807) is 18.2 Å². The summed E-state index contributed by atoms with van der Waals surface area (Å²) in [5, 5.41) is 14.0. The summed E-state index contributed by atoms with van der Waals surface area (Å²) in [6, 6.07) is 6.31. The number of nitrogens with zero attached hydrogens (tertiary/aromatic N) is 3. The topological polar surface area (TPSA) is 101 Å². The summed E-state index contributed by atoms with van der Waals surface area (Å²) >= 11 is 0. The van der Waals surface area contributed by atoms with E-state index in [1.807, 2.05) is 19.3 Å². The first-order chi connectivity index (χ1) is 17.9. The molecule has 2 amide bonds. The number of hydrogen-bond donors (Lipinski definition) is 3. The molecule has 1 unspecified atom stereocenters. The Balaban J connectivity index is 1.31. The molecular weight excluding hydrogens is 468 g/mol. The number of hydrogen-bond acceptors (Lipinski definition) is 6. The Labute approximate surface area is 218 Å². The van der Waals surface area contributed by atoms with Crippen LogP contribution in [0, 0.1) is 0 Å². The lowest BCUT2D eigenvalue weighted by molar-refractivity contribution is -0.110. The van der Waals surface area contributed by atoms with E-state index in [2.05, 4.69) is 44.5 Å². The molecule has 37 heavy (non-hydrogen) atoms. The highest BCUT2D eigenvalue weighted by atomic mass is 16.5. The van der Waals surface area contributed by atoms with Crippen LogP contribution in [0.3, 0.4) is 0 Å². The summed E-state index contributed by atoms with van der Waals surface area (Å²) in [6.07, 6.45) is 8.73. The molecule has 1 aromatic heterocycles. The highest BCUT2D eigenvalue weighted by Crippen LogP contribution is 2.36. The molecule has 0 aliphatic carbocycles. The minimum Gasteiger partial charge on any atom is -0.376 e. The fourth-order valence-electron chi connectivity index (χ4n) is 5.49. The van der Waals surface area contributed by atoms with Crippen LogP contribution in [0.15, 0.2) is 36.3 Å². The number of allylic oxidation sites excluding steroid dienone is 1. The zero-order valence-corrected chi connectivity index (χ0v) is 22.0. The average molecular weight is 507 g/mol. The Morgan fingerprint density at radius 1 is 1.24 bits per heavy atom. The van der Waals surface area contributed by atoms with Gasteiger partial charge >= 0.3 is 0 Å². The van der Waals surface area contributed by atoms with Gasteiger partial charge in [0.15, 0.2) is 0 Å². The lowest BCUT2D eigenvalue weighted by atomic mass is 10.0. The van der Waals surface area contributed by atoms with Crippen LogP contribution < -0.4 is 16.0 Å². The molecule has 5 rings (SSSR count). The third kappa shape index (κ3) is 5.57. The molecule has 198 valence electrons. The maximum Gasteiger partial charge on any atom is 0.258 e. The number of carbonyl (C=O) groups is 2. The number of benzene rings is 1. The first-order valence-corrected chi connectivity index (χ1v) is 13.6. The van der Waals surface area contributed by atoms with Crippen LogP contribution in [0.2, 0.25) is 0 Å². The van der Waals surface area contributed by atoms with Gasteiger partial charge in [0.1, 0.15) is 0 Å². The van der Waals surface area contributed by atoms with Crippen molar-refractivity contribution in [2.75, 3.05) is 36.9 Å². The summed E-state index contributed by atoms with van der Waals surface area (Å²) in [5.41, 5.74) is 4.24. The van der Waals surface area contributed by atoms with E-state index in [-0.39, 0.29) is 17.9 Å². The summed E-state index contributed by atoms with van der Waals surface area (Å²) in [5.74, 6) is -0.322. The van der Waals surface area contributed by atoms with Gasteiger partial charge in [0.05, 0.1) is 29.6 Å². The molecule has 3 aliphatic heterocycles. The minimum absolute atomic E-state index is 0.0802. The average Bonchev–Trinajstić information content (AvgIpc) is 3.66. The zero-order valence-electron chi connectivity index (χ0n) is 22.0. The molecule has 9 heteroatoms. The number of ether oxygens (including phenoxy) is 1. The van der Waals surface area contributed by atoms with Gasteiger partial charge in [-0.05, 0) is 64.2 Å². The molecule has 3 N–H and O–H groups in total. The van der Waals surface area contributed by atoms with Crippen molar-refractivity contribution in [2.24, 2.45) is 0 Å². The number of rotatable bonds is 8. The number of anilines is 2. The predicted octanol–water partition coefficient (Wildman–Crippen LogP) is 4.02. The Kier molecular flexibility index (Phi) is 7.62. The lowest BCUT2D eigenvalue weighted by Gasteiger charge is -2.34. The summed E-state index contributed by atoms with van der Waals surface area (Å²) in [4.78, 5) is 28.3. The second kappa shape index (κ2) is 11.1. The molecule has 0 saturated carbocycles. The molecule has 0 spiro atoms. The molecule has 1 atom stereocenters.